The summed E-state index contributed by atoms with van der Waals surface area (Å²) < 4.78 is 9.25. The van der Waals surface area contributed by atoms with Gasteiger partial charge in [0, 0.05) is 39.1 Å². The van der Waals surface area contributed by atoms with Gasteiger partial charge >= 0.3 is 5.69 Å². The van der Waals surface area contributed by atoms with Gasteiger partial charge in [0.1, 0.15) is 5.82 Å². The van der Waals surface area contributed by atoms with E-state index in [1.54, 1.807) is 4.68 Å². The second-order valence-corrected chi connectivity index (χ2v) is 8.14. The number of aliphatic imine (C=N–C) groups is 1. The molecule has 0 aliphatic carbocycles. The first kappa shape index (κ1) is 26.4. The highest BCUT2D eigenvalue weighted by Crippen LogP contribution is 2.09. The van der Waals surface area contributed by atoms with E-state index < -0.39 is 0 Å². The average molecular weight is 556 g/mol. The van der Waals surface area contributed by atoms with Gasteiger partial charge in [0.15, 0.2) is 5.96 Å². The first-order valence-electron chi connectivity index (χ1n) is 11.5. The standard InChI is InChI=1S/C23H36N6O2.HI/c1-3-24-22(26-16-19(2)17-31-18-20-10-5-4-6-11-20)25-13-9-15-29-23(30)28-14-8-7-12-21(28)27-29;/h4-6,10-11,19H,3,7-9,12-18H2,1-2H3,(H2,24,25,26);1H. The van der Waals surface area contributed by atoms with Gasteiger partial charge in [-0.3, -0.25) is 9.56 Å². The number of nitrogens with zero attached hydrogens (tertiary/aromatic N) is 4. The van der Waals surface area contributed by atoms with Crippen molar-refractivity contribution in [2.75, 3.05) is 26.2 Å². The number of ether oxygens (including phenoxy) is 1. The lowest BCUT2D eigenvalue weighted by atomic mass is 10.2. The smallest absolute Gasteiger partial charge is 0.345 e. The summed E-state index contributed by atoms with van der Waals surface area (Å²) in [7, 11) is 0. The second-order valence-electron chi connectivity index (χ2n) is 8.14. The Hall–Kier alpha value is -1.88. The van der Waals surface area contributed by atoms with Crippen molar-refractivity contribution in [3.05, 3.63) is 52.2 Å². The van der Waals surface area contributed by atoms with E-state index in [1.807, 2.05) is 22.8 Å². The van der Waals surface area contributed by atoms with Gasteiger partial charge in [-0.2, -0.15) is 5.10 Å². The molecule has 1 aliphatic rings. The van der Waals surface area contributed by atoms with Crippen molar-refractivity contribution in [2.24, 2.45) is 10.9 Å². The predicted octanol–water partition coefficient (Wildman–Crippen LogP) is 2.80. The zero-order chi connectivity index (χ0) is 21.9. The second kappa shape index (κ2) is 14.3. The number of aromatic nitrogens is 3. The van der Waals surface area contributed by atoms with Crippen LogP contribution in [0, 0.1) is 5.92 Å². The van der Waals surface area contributed by atoms with Crippen LogP contribution in [-0.2, 0) is 30.9 Å². The minimum atomic E-state index is 0. The molecule has 8 nitrogen and oxygen atoms in total. The molecule has 0 spiro atoms. The number of fused-ring (bicyclic) bond motifs is 1. The zero-order valence-electron chi connectivity index (χ0n) is 19.3. The monoisotopic (exact) mass is 556 g/mol. The fourth-order valence-corrected chi connectivity index (χ4v) is 3.62. The quantitative estimate of drug-likeness (QED) is 0.193. The molecule has 32 heavy (non-hydrogen) atoms. The third-order valence-corrected chi connectivity index (χ3v) is 5.29. The summed E-state index contributed by atoms with van der Waals surface area (Å²) in [6, 6.07) is 10.2. The number of guanidine groups is 1. The summed E-state index contributed by atoms with van der Waals surface area (Å²) in [5.41, 5.74) is 1.21. The lowest BCUT2D eigenvalue weighted by molar-refractivity contribution is 0.0945. The highest BCUT2D eigenvalue weighted by atomic mass is 127. The number of rotatable bonds is 11. The summed E-state index contributed by atoms with van der Waals surface area (Å²) in [5, 5.41) is 11.1. The number of hydrogen-bond acceptors (Lipinski definition) is 4. The first-order chi connectivity index (χ1) is 15.2. The van der Waals surface area contributed by atoms with Crippen LogP contribution in [-0.4, -0.2) is 46.5 Å². The summed E-state index contributed by atoms with van der Waals surface area (Å²) in [6.45, 7) is 9.15. The molecular formula is C23H37IN6O2. The van der Waals surface area contributed by atoms with Crippen molar-refractivity contribution in [1.29, 1.82) is 0 Å². The van der Waals surface area contributed by atoms with Crippen LogP contribution in [0.5, 0.6) is 0 Å². The van der Waals surface area contributed by atoms with Gasteiger partial charge in [-0.25, -0.2) is 9.48 Å². The number of hydrogen-bond donors (Lipinski definition) is 2. The molecular weight excluding hydrogens is 519 g/mol. The Balaban J connectivity index is 0.00000363. The van der Waals surface area contributed by atoms with E-state index in [9.17, 15) is 4.79 Å². The van der Waals surface area contributed by atoms with E-state index in [2.05, 4.69) is 46.7 Å². The largest absolute Gasteiger partial charge is 0.376 e. The lowest BCUT2D eigenvalue weighted by Crippen LogP contribution is -2.38. The van der Waals surface area contributed by atoms with Crippen LogP contribution in [0.25, 0.3) is 0 Å². The van der Waals surface area contributed by atoms with Gasteiger partial charge in [-0.15, -0.1) is 24.0 Å². The van der Waals surface area contributed by atoms with Gasteiger partial charge in [0.05, 0.1) is 13.2 Å². The topological polar surface area (TPSA) is 85.5 Å². The molecule has 0 bridgehead atoms. The van der Waals surface area contributed by atoms with E-state index in [4.69, 9.17) is 4.74 Å². The van der Waals surface area contributed by atoms with Gasteiger partial charge in [-0.1, -0.05) is 37.3 Å². The molecule has 0 saturated heterocycles. The van der Waals surface area contributed by atoms with Gasteiger partial charge in [-0.05, 0) is 37.7 Å². The maximum absolute atomic E-state index is 12.4. The summed E-state index contributed by atoms with van der Waals surface area (Å²) in [6.07, 6.45) is 3.91. The molecule has 0 saturated carbocycles. The maximum atomic E-state index is 12.4. The van der Waals surface area contributed by atoms with E-state index >= 15 is 0 Å². The Morgan fingerprint density at radius 3 is 2.81 bits per heavy atom. The maximum Gasteiger partial charge on any atom is 0.345 e. The van der Waals surface area contributed by atoms with Crippen molar-refractivity contribution in [3.8, 4) is 0 Å². The molecule has 0 radical (unpaired) electrons. The lowest BCUT2D eigenvalue weighted by Gasteiger charge is -2.14. The highest BCUT2D eigenvalue weighted by Gasteiger charge is 2.16. The van der Waals surface area contributed by atoms with Crippen molar-refractivity contribution in [3.63, 3.8) is 0 Å². The minimum absolute atomic E-state index is 0. The Morgan fingerprint density at radius 1 is 1.25 bits per heavy atom. The number of aryl methyl sites for hydroxylation is 2. The molecule has 0 amide bonds. The van der Waals surface area contributed by atoms with Gasteiger partial charge in [0.2, 0.25) is 0 Å². The fourth-order valence-electron chi connectivity index (χ4n) is 3.62. The van der Waals surface area contributed by atoms with E-state index in [0.717, 1.165) is 57.1 Å². The molecule has 1 aliphatic heterocycles. The van der Waals surface area contributed by atoms with Crippen LogP contribution in [0.15, 0.2) is 40.1 Å². The van der Waals surface area contributed by atoms with Crippen LogP contribution in [0.3, 0.4) is 0 Å². The summed E-state index contributed by atoms with van der Waals surface area (Å²) >= 11 is 0. The van der Waals surface area contributed by atoms with Crippen LogP contribution >= 0.6 is 24.0 Å². The van der Waals surface area contributed by atoms with Crippen molar-refractivity contribution in [2.45, 2.75) is 59.2 Å². The molecule has 2 heterocycles. The average Bonchev–Trinajstić information content (AvgIpc) is 3.11. The van der Waals surface area contributed by atoms with Crippen LogP contribution in [0.1, 0.15) is 44.5 Å². The Kier molecular flexibility index (Phi) is 11.8. The van der Waals surface area contributed by atoms with Crippen LogP contribution in [0.2, 0.25) is 0 Å². The van der Waals surface area contributed by atoms with Crippen molar-refractivity contribution in [1.82, 2.24) is 25.0 Å². The molecule has 3 rings (SSSR count). The molecule has 9 heteroatoms. The Labute approximate surface area is 207 Å². The molecule has 2 N–H and O–H groups in total. The molecule has 2 aromatic rings. The third-order valence-electron chi connectivity index (χ3n) is 5.29. The third kappa shape index (κ3) is 8.23. The number of benzene rings is 1. The summed E-state index contributed by atoms with van der Waals surface area (Å²) in [5.74, 6) is 2.06. The molecule has 1 aromatic heterocycles. The van der Waals surface area contributed by atoms with Gasteiger partial charge < -0.3 is 15.4 Å². The highest BCUT2D eigenvalue weighted by molar-refractivity contribution is 14.0. The van der Waals surface area contributed by atoms with Crippen LogP contribution < -0.4 is 16.3 Å². The van der Waals surface area contributed by atoms with Gasteiger partial charge in [0.25, 0.3) is 0 Å². The van der Waals surface area contributed by atoms with E-state index in [0.29, 0.717) is 32.2 Å². The number of nitrogens with one attached hydrogen (secondary N) is 2. The zero-order valence-corrected chi connectivity index (χ0v) is 21.6. The molecule has 178 valence electrons. The number of halogens is 1. The van der Waals surface area contributed by atoms with Crippen molar-refractivity contribution < 1.29 is 4.74 Å². The molecule has 1 atom stereocenters. The summed E-state index contributed by atoms with van der Waals surface area (Å²) in [4.78, 5) is 17.1. The first-order valence-corrected chi connectivity index (χ1v) is 11.5. The fraction of sp³-hybridized carbons (Fsp3) is 0.609. The van der Waals surface area contributed by atoms with E-state index in [1.165, 1.54) is 5.56 Å². The van der Waals surface area contributed by atoms with Crippen LogP contribution in [0.4, 0.5) is 0 Å². The SMILES string of the molecule is CCNC(=NCC(C)COCc1ccccc1)NCCCn1nc2n(c1=O)CCCC2.I. The normalized spacial score (nSPS) is 14.4. The Morgan fingerprint density at radius 2 is 2.06 bits per heavy atom. The molecule has 1 unspecified atom stereocenters. The molecule has 1 aromatic carbocycles. The molecule has 0 fully saturated rings. The van der Waals surface area contributed by atoms with E-state index in [-0.39, 0.29) is 29.7 Å². The predicted molar refractivity (Wildman–Crippen MR) is 139 cm³/mol. The minimum Gasteiger partial charge on any atom is -0.376 e. The Bertz CT molecular complexity index is 880. The van der Waals surface area contributed by atoms with Crippen molar-refractivity contribution >= 4 is 29.9 Å².